The highest BCUT2D eigenvalue weighted by atomic mass is 35.5. The van der Waals surface area contributed by atoms with Gasteiger partial charge >= 0.3 is 5.97 Å². The normalized spacial score (nSPS) is 16.0. The van der Waals surface area contributed by atoms with Gasteiger partial charge in [-0.25, -0.2) is 13.2 Å². The number of halogens is 1. The number of aliphatic carboxylic acids is 1. The molecule has 1 N–H and O–H groups in total. The Bertz CT molecular complexity index is 1170. The number of hydrogen-bond acceptors (Lipinski definition) is 5. The summed E-state index contributed by atoms with van der Waals surface area (Å²) in [7, 11) is -3.80. The smallest absolute Gasteiger partial charge is 0.341 e. The van der Waals surface area contributed by atoms with Gasteiger partial charge in [0, 0.05) is 16.1 Å². The first-order valence-corrected chi connectivity index (χ1v) is 10.00. The molecule has 3 rings (SSSR count). The fourth-order valence-corrected chi connectivity index (χ4v) is 4.54. The van der Waals surface area contributed by atoms with Crippen LogP contribution in [-0.4, -0.2) is 36.6 Å². The van der Waals surface area contributed by atoms with Crippen molar-refractivity contribution in [2.75, 3.05) is 6.61 Å². The number of rotatable bonds is 3. The summed E-state index contributed by atoms with van der Waals surface area (Å²) in [4.78, 5) is 23.0. The molecule has 0 aromatic heterocycles. The van der Waals surface area contributed by atoms with Crippen molar-refractivity contribution in [3.05, 3.63) is 58.1 Å². The number of hydrogen-bond donors (Lipinski definition) is 1. The summed E-state index contributed by atoms with van der Waals surface area (Å²) in [6, 6.07) is 8.94. The highest BCUT2D eigenvalue weighted by Gasteiger charge is 2.51. The number of ketones is 1. The van der Waals surface area contributed by atoms with E-state index in [1.165, 1.54) is 38.1 Å². The summed E-state index contributed by atoms with van der Waals surface area (Å²) in [6.07, 6.45) is 0. The van der Waals surface area contributed by atoms with Crippen LogP contribution in [0.25, 0.3) is 0 Å². The van der Waals surface area contributed by atoms with E-state index in [-0.39, 0.29) is 16.2 Å². The molecule has 28 heavy (non-hydrogen) atoms. The van der Waals surface area contributed by atoms with E-state index in [1.807, 2.05) is 0 Å². The minimum atomic E-state index is -3.80. The van der Waals surface area contributed by atoms with Crippen LogP contribution in [0.15, 0.2) is 41.3 Å². The molecule has 2 aromatic rings. The monoisotopic (exact) mass is 418 g/mol. The highest BCUT2D eigenvalue weighted by Crippen LogP contribution is 2.39. The topological polar surface area (TPSA) is 97.7 Å². The van der Waals surface area contributed by atoms with Crippen molar-refractivity contribution >= 4 is 33.2 Å². The largest absolute Gasteiger partial charge is 0.481 e. The average Bonchev–Trinajstić information content (AvgIpc) is 2.76. The Morgan fingerprint density at radius 3 is 2.57 bits per heavy atom. The van der Waals surface area contributed by atoms with Gasteiger partial charge in [-0.3, -0.25) is 4.79 Å². The second-order valence-electron chi connectivity index (χ2n) is 6.63. The third-order valence-corrected chi connectivity index (χ3v) is 7.05. The second kappa shape index (κ2) is 6.97. The first-order chi connectivity index (χ1) is 13.0. The van der Waals surface area contributed by atoms with E-state index in [1.54, 1.807) is 12.1 Å². The molecule has 0 fully saturated rings. The van der Waals surface area contributed by atoms with Crippen molar-refractivity contribution in [2.45, 2.75) is 23.5 Å². The summed E-state index contributed by atoms with van der Waals surface area (Å²) < 4.78 is 28.9. The lowest BCUT2D eigenvalue weighted by Crippen LogP contribution is -2.33. The molecular weight excluding hydrogens is 404 g/mol. The summed E-state index contributed by atoms with van der Waals surface area (Å²) in [6.45, 7) is 2.23. The van der Waals surface area contributed by atoms with Crippen molar-refractivity contribution in [1.29, 1.82) is 0 Å². The molecule has 0 radical (unpaired) electrons. The number of ether oxygens (including phenoxy) is 1. The number of fused-ring (bicyclic) bond motifs is 1. The summed E-state index contributed by atoms with van der Waals surface area (Å²) in [5, 5.41) is 9.14. The Morgan fingerprint density at radius 2 is 1.89 bits per heavy atom. The Hall–Kier alpha value is -2.82. The second-order valence-corrected chi connectivity index (χ2v) is 9.53. The predicted octanol–water partition coefficient (Wildman–Crippen LogP) is 2.95. The van der Waals surface area contributed by atoms with Gasteiger partial charge < -0.3 is 9.84 Å². The number of benzene rings is 2. The Labute approximate surface area is 167 Å². The Morgan fingerprint density at radius 1 is 1.18 bits per heavy atom. The Balaban J connectivity index is 2.01. The summed E-state index contributed by atoms with van der Waals surface area (Å²) >= 11 is 5.97. The molecule has 1 aliphatic rings. The minimum absolute atomic E-state index is 0.0391. The molecule has 8 heteroatoms. The lowest BCUT2D eigenvalue weighted by atomic mass is 10.00. The molecule has 0 saturated carbocycles. The number of carbonyl (C=O) groups excluding carboxylic acids is 1. The predicted molar refractivity (Wildman–Crippen MR) is 103 cm³/mol. The van der Waals surface area contributed by atoms with Gasteiger partial charge in [-0.05, 0) is 50.2 Å². The maximum absolute atomic E-state index is 12.6. The van der Waals surface area contributed by atoms with Crippen molar-refractivity contribution < 1.29 is 27.9 Å². The van der Waals surface area contributed by atoms with Crippen LogP contribution in [0.3, 0.4) is 0 Å². The van der Waals surface area contributed by atoms with E-state index in [9.17, 15) is 18.0 Å². The van der Waals surface area contributed by atoms with E-state index in [2.05, 4.69) is 11.8 Å². The van der Waals surface area contributed by atoms with Gasteiger partial charge in [0.2, 0.25) is 0 Å². The molecule has 0 spiro atoms. The van der Waals surface area contributed by atoms with E-state index in [4.69, 9.17) is 21.4 Å². The molecule has 0 saturated heterocycles. The van der Waals surface area contributed by atoms with Crippen LogP contribution in [0, 0.1) is 11.8 Å². The lowest BCUT2D eigenvalue weighted by molar-refractivity contribution is -0.139. The molecular formula is C20H15ClO6S. The van der Waals surface area contributed by atoms with Crippen molar-refractivity contribution in [2.24, 2.45) is 0 Å². The minimum Gasteiger partial charge on any atom is -0.481 e. The van der Waals surface area contributed by atoms with Crippen LogP contribution in [0.1, 0.15) is 35.3 Å². The highest BCUT2D eigenvalue weighted by molar-refractivity contribution is 7.94. The SMILES string of the molecule is CC1(C)C(=O)c2ccc(C#Cc3cc(Cl)ccc3OCC(=O)O)cc2S1(=O)=O. The lowest BCUT2D eigenvalue weighted by Gasteiger charge is -2.13. The van der Waals surface area contributed by atoms with Gasteiger partial charge in [-0.15, -0.1) is 0 Å². The Kier molecular flexibility index (Phi) is 4.96. The third-order valence-electron chi connectivity index (χ3n) is 4.37. The van der Waals surface area contributed by atoms with Crippen molar-refractivity contribution in [1.82, 2.24) is 0 Å². The maximum Gasteiger partial charge on any atom is 0.341 e. The maximum atomic E-state index is 12.6. The molecule has 0 atom stereocenters. The zero-order chi connectivity index (χ0) is 20.7. The molecule has 1 aliphatic heterocycles. The molecule has 0 bridgehead atoms. The van der Waals surface area contributed by atoms with Gasteiger partial charge in [-0.2, -0.15) is 0 Å². The van der Waals surface area contributed by atoms with Crippen molar-refractivity contribution in [3.63, 3.8) is 0 Å². The molecule has 1 heterocycles. The number of carboxylic acids is 1. The quantitative estimate of drug-likeness (QED) is 0.769. The molecule has 0 aliphatic carbocycles. The van der Waals surface area contributed by atoms with Gasteiger partial charge in [0.05, 0.1) is 10.5 Å². The zero-order valence-corrected chi connectivity index (χ0v) is 16.5. The molecule has 0 amide bonds. The third kappa shape index (κ3) is 3.37. The average molecular weight is 419 g/mol. The van der Waals surface area contributed by atoms with Gasteiger partial charge in [0.25, 0.3) is 0 Å². The van der Waals surface area contributed by atoms with Crippen molar-refractivity contribution in [3.8, 4) is 17.6 Å². The van der Waals surface area contributed by atoms with E-state index < -0.39 is 32.9 Å². The molecule has 144 valence electrons. The molecule has 0 unspecified atom stereocenters. The standard InChI is InChI=1S/C20H15ClO6S/c1-20(2)19(24)15-7-4-12(9-17(15)28(20,25)26)3-5-13-10-14(21)6-8-16(13)27-11-18(22)23/h4,6-10H,11H2,1-2H3,(H,22,23). The zero-order valence-electron chi connectivity index (χ0n) is 14.9. The van der Waals surface area contributed by atoms with Gasteiger partial charge in [0.15, 0.2) is 22.2 Å². The number of Topliss-reactive ketones (excluding diaryl/α,β-unsaturated/α-hetero) is 1. The van der Waals surface area contributed by atoms with Crippen LogP contribution in [0.2, 0.25) is 5.02 Å². The van der Waals surface area contributed by atoms with Crippen LogP contribution < -0.4 is 4.74 Å². The van der Waals surface area contributed by atoms with E-state index in [0.717, 1.165) is 0 Å². The fourth-order valence-electron chi connectivity index (χ4n) is 2.74. The van der Waals surface area contributed by atoms with Crippen LogP contribution in [0.4, 0.5) is 0 Å². The van der Waals surface area contributed by atoms with Crippen LogP contribution in [0.5, 0.6) is 5.75 Å². The van der Waals surface area contributed by atoms with Gasteiger partial charge in [0.1, 0.15) is 10.5 Å². The first kappa shape index (κ1) is 19.9. The van der Waals surface area contributed by atoms with Crippen LogP contribution >= 0.6 is 11.6 Å². The number of carbonyl (C=O) groups is 2. The summed E-state index contributed by atoms with van der Waals surface area (Å²) in [5.41, 5.74) is 0.897. The number of carboxylic acid groups (broad SMARTS) is 1. The molecule has 6 nitrogen and oxygen atoms in total. The van der Waals surface area contributed by atoms with E-state index in [0.29, 0.717) is 16.1 Å². The summed E-state index contributed by atoms with van der Waals surface area (Å²) in [5.74, 6) is 4.29. The first-order valence-electron chi connectivity index (χ1n) is 8.13. The van der Waals surface area contributed by atoms with Crippen LogP contribution in [-0.2, 0) is 14.6 Å². The number of sulfone groups is 1. The fraction of sp³-hybridized carbons (Fsp3) is 0.200. The molecule has 2 aromatic carbocycles. The van der Waals surface area contributed by atoms with E-state index >= 15 is 0 Å². The van der Waals surface area contributed by atoms with Gasteiger partial charge in [-0.1, -0.05) is 23.4 Å².